The van der Waals surface area contributed by atoms with Crippen molar-refractivity contribution in [3.8, 4) is 0 Å². The Hall–Kier alpha value is -2.94. The molecule has 5 nitrogen and oxygen atoms in total. The number of rotatable bonds is 4. The number of nitrogens with zero attached hydrogens (tertiary/aromatic N) is 1. The molecule has 0 fully saturated rings. The first-order chi connectivity index (χ1) is 12.3. The van der Waals surface area contributed by atoms with E-state index in [0.29, 0.717) is 10.9 Å². The zero-order valence-electron chi connectivity index (χ0n) is 13.3. The van der Waals surface area contributed by atoms with Gasteiger partial charge in [-0.25, -0.2) is 18.2 Å². The van der Waals surface area contributed by atoms with Gasteiger partial charge in [0, 0.05) is 5.39 Å². The summed E-state index contributed by atoms with van der Waals surface area (Å²) in [4.78, 5) is 28.1. The average molecular weight is 379 g/mol. The minimum absolute atomic E-state index is 0.0385. The summed E-state index contributed by atoms with van der Waals surface area (Å²) in [7, 11) is 0. The molecule has 134 valence electrons. The SMILES string of the molecule is Cc1cc(C(F)F)nc2sc(C(N)=O)c(NC(=O)c3ccccc3F)c12. The third-order valence-corrected chi connectivity index (χ3v) is 4.78. The molecule has 3 rings (SSSR count). The highest BCUT2D eigenvalue weighted by Gasteiger charge is 2.24. The number of carbonyl (C=O) groups excluding carboxylic acids is 2. The van der Waals surface area contributed by atoms with Crippen LogP contribution in [0.1, 0.15) is 37.7 Å². The number of benzene rings is 1. The number of nitrogens with one attached hydrogen (secondary N) is 1. The molecule has 0 atom stereocenters. The predicted octanol–water partition coefficient (Wildman–Crippen LogP) is 4.03. The molecule has 3 N–H and O–H groups in total. The van der Waals surface area contributed by atoms with Crippen LogP contribution in [0.3, 0.4) is 0 Å². The van der Waals surface area contributed by atoms with Crippen LogP contribution >= 0.6 is 11.3 Å². The Morgan fingerprint density at radius 3 is 2.58 bits per heavy atom. The first-order valence-electron chi connectivity index (χ1n) is 7.37. The van der Waals surface area contributed by atoms with Crippen molar-refractivity contribution in [2.75, 3.05) is 5.32 Å². The van der Waals surface area contributed by atoms with E-state index in [1.807, 2.05) is 0 Å². The van der Waals surface area contributed by atoms with E-state index in [-0.39, 0.29) is 21.0 Å². The summed E-state index contributed by atoms with van der Waals surface area (Å²) in [6.07, 6.45) is -2.78. The van der Waals surface area contributed by atoms with Gasteiger partial charge in [-0.15, -0.1) is 11.3 Å². The average Bonchev–Trinajstić information content (AvgIpc) is 2.94. The molecule has 2 heterocycles. The van der Waals surface area contributed by atoms with E-state index < -0.39 is 29.8 Å². The molecule has 0 aliphatic rings. The number of aryl methyl sites for hydroxylation is 1. The lowest BCUT2D eigenvalue weighted by Gasteiger charge is -2.09. The lowest BCUT2D eigenvalue weighted by Crippen LogP contribution is -2.17. The maximum absolute atomic E-state index is 13.8. The molecule has 2 aromatic heterocycles. The summed E-state index contributed by atoms with van der Waals surface area (Å²) >= 11 is 0.792. The van der Waals surface area contributed by atoms with Crippen molar-refractivity contribution in [1.29, 1.82) is 0 Å². The van der Waals surface area contributed by atoms with E-state index in [4.69, 9.17) is 5.73 Å². The second-order valence-electron chi connectivity index (χ2n) is 5.45. The molecule has 0 aliphatic heterocycles. The fourth-order valence-electron chi connectivity index (χ4n) is 2.54. The predicted molar refractivity (Wildman–Crippen MR) is 92.2 cm³/mol. The Kier molecular flexibility index (Phi) is 4.64. The number of alkyl halides is 2. The molecule has 3 aromatic rings. The number of fused-ring (bicyclic) bond motifs is 1. The van der Waals surface area contributed by atoms with Crippen LogP contribution in [0, 0.1) is 12.7 Å². The van der Waals surface area contributed by atoms with Crippen molar-refractivity contribution >= 4 is 39.1 Å². The van der Waals surface area contributed by atoms with Crippen LogP contribution in [0.25, 0.3) is 10.2 Å². The van der Waals surface area contributed by atoms with Crippen LogP contribution in [-0.4, -0.2) is 16.8 Å². The first kappa shape index (κ1) is 17.9. The van der Waals surface area contributed by atoms with Gasteiger partial charge in [-0.3, -0.25) is 9.59 Å². The third kappa shape index (κ3) is 3.13. The van der Waals surface area contributed by atoms with Gasteiger partial charge in [0.05, 0.1) is 11.3 Å². The van der Waals surface area contributed by atoms with Crippen molar-refractivity contribution in [3.05, 3.63) is 57.8 Å². The summed E-state index contributed by atoms with van der Waals surface area (Å²) in [5.41, 5.74) is 5.10. The Labute approximate surface area is 149 Å². The number of carbonyl (C=O) groups is 2. The summed E-state index contributed by atoms with van der Waals surface area (Å²) < 4.78 is 39.7. The molecule has 0 unspecified atom stereocenters. The van der Waals surface area contributed by atoms with Gasteiger partial charge < -0.3 is 11.1 Å². The van der Waals surface area contributed by atoms with Crippen LogP contribution in [0.4, 0.5) is 18.9 Å². The Morgan fingerprint density at radius 1 is 1.27 bits per heavy atom. The van der Waals surface area contributed by atoms with Gasteiger partial charge in [0.1, 0.15) is 21.2 Å². The summed E-state index contributed by atoms with van der Waals surface area (Å²) in [5.74, 6) is -2.38. The molecule has 2 amide bonds. The number of aromatic nitrogens is 1. The van der Waals surface area contributed by atoms with Crippen molar-refractivity contribution in [2.24, 2.45) is 5.73 Å². The van der Waals surface area contributed by atoms with E-state index in [9.17, 15) is 22.8 Å². The largest absolute Gasteiger partial charge is 0.365 e. The molecule has 1 aromatic carbocycles. The van der Waals surface area contributed by atoms with Gasteiger partial charge in [-0.2, -0.15) is 0 Å². The molecule has 0 radical (unpaired) electrons. The molecular weight excluding hydrogens is 367 g/mol. The van der Waals surface area contributed by atoms with E-state index >= 15 is 0 Å². The van der Waals surface area contributed by atoms with Crippen LogP contribution in [-0.2, 0) is 0 Å². The second kappa shape index (κ2) is 6.75. The van der Waals surface area contributed by atoms with Crippen molar-refractivity contribution < 1.29 is 22.8 Å². The second-order valence-corrected chi connectivity index (χ2v) is 6.45. The maximum atomic E-state index is 13.8. The standard InChI is InChI=1S/C17H12F3N3O2S/c1-7-6-10(14(19)20)22-17-11(7)12(13(26-17)15(21)24)23-16(25)8-4-2-3-5-9(8)18/h2-6,14H,1H3,(H2,21,24)(H,23,25). The summed E-state index contributed by atoms with van der Waals surface area (Å²) in [6, 6.07) is 6.49. The molecule has 26 heavy (non-hydrogen) atoms. The van der Waals surface area contributed by atoms with Gasteiger partial charge in [0.15, 0.2) is 0 Å². The van der Waals surface area contributed by atoms with E-state index in [2.05, 4.69) is 10.3 Å². The zero-order valence-corrected chi connectivity index (χ0v) is 14.2. The highest BCUT2D eigenvalue weighted by atomic mass is 32.1. The lowest BCUT2D eigenvalue weighted by atomic mass is 10.1. The molecule has 9 heteroatoms. The molecule has 0 aliphatic carbocycles. The molecule has 0 saturated carbocycles. The van der Waals surface area contributed by atoms with Gasteiger partial charge in [-0.1, -0.05) is 12.1 Å². The van der Waals surface area contributed by atoms with Crippen molar-refractivity contribution in [3.63, 3.8) is 0 Å². The summed E-state index contributed by atoms with van der Waals surface area (Å²) in [6.45, 7) is 1.55. The van der Waals surface area contributed by atoms with Crippen LogP contribution < -0.4 is 11.1 Å². The Balaban J connectivity index is 2.15. The normalized spacial score (nSPS) is 11.1. The number of thiophene rings is 1. The fraction of sp³-hybridized carbons (Fsp3) is 0.118. The third-order valence-electron chi connectivity index (χ3n) is 3.68. The highest BCUT2D eigenvalue weighted by molar-refractivity contribution is 7.21. The molecule has 0 spiro atoms. The molecule has 0 saturated heterocycles. The number of nitrogens with two attached hydrogens (primary N) is 1. The zero-order chi connectivity index (χ0) is 19.0. The van der Waals surface area contributed by atoms with Gasteiger partial charge in [0.25, 0.3) is 18.2 Å². The maximum Gasteiger partial charge on any atom is 0.280 e. The molecular formula is C17H12F3N3O2S. The Morgan fingerprint density at radius 2 is 1.96 bits per heavy atom. The number of anilines is 1. The minimum atomic E-state index is -2.78. The van der Waals surface area contributed by atoms with Gasteiger partial charge >= 0.3 is 0 Å². The number of amides is 2. The number of pyridine rings is 1. The lowest BCUT2D eigenvalue weighted by molar-refractivity contribution is 0.100. The van der Waals surface area contributed by atoms with Crippen molar-refractivity contribution in [1.82, 2.24) is 4.98 Å². The van der Waals surface area contributed by atoms with E-state index in [1.165, 1.54) is 24.3 Å². The fourth-order valence-corrected chi connectivity index (χ4v) is 3.60. The highest BCUT2D eigenvalue weighted by Crippen LogP contribution is 2.38. The topological polar surface area (TPSA) is 85.1 Å². The Bertz CT molecular complexity index is 1030. The van der Waals surface area contributed by atoms with Crippen molar-refractivity contribution in [2.45, 2.75) is 13.3 Å². The van der Waals surface area contributed by atoms with Crippen LogP contribution in [0.5, 0.6) is 0 Å². The smallest absolute Gasteiger partial charge is 0.280 e. The number of hydrogen-bond acceptors (Lipinski definition) is 4. The number of halogens is 3. The molecule has 0 bridgehead atoms. The van der Waals surface area contributed by atoms with Crippen LogP contribution in [0.2, 0.25) is 0 Å². The first-order valence-corrected chi connectivity index (χ1v) is 8.19. The van der Waals surface area contributed by atoms with E-state index in [0.717, 1.165) is 17.4 Å². The number of primary amides is 1. The van der Waals surface area contributed by atoms with Gasteiger partial charge in [-0.05, 0) is 30.7 Å². The van der Waals surface area contributed by atoms with Crippen LogP contribution in [0.15, 0.2) is 30.3 Å². The van der Waals surface area contributed by atoms with E-state index in [1.54, 1.807) is 6.92 Å². The monoisotopic (exact) mass is 379 g/mol. The summed E-state index contributed by atoms with van der Waals surface area (Å²) in [5, 5.41) is 2.78. The van der Waals surface area contributed by atoms with Gasteiger partial charge in [0.2, 0.25) is 0 Å². The number of hydrogen-bond donors (Lipinski definition) is 2. The quantitative estimate of drug-likeness (QED) is 0.718. The minimum Gasteiger partial charge on any atom is -0.365 e.